The molecule has 4 rings (SSSR count). The number of hydrogen-bond acceptors (Lipinski definition) is 4. The smallest absolute Gasteiger partial charge is 0.270 e. The van der Waals surface area contributed by atoms with Gasteiger partial charge in [-0.05, 0) is 54.0 Å². The predicted molar refractivity (Wildman–Crippen MR) is 156 cm³/mol. The summed E-state index contributed by atoms with van der Waals surface area (Å²) >= 11 is 0. The Labute approximate surface area is 226 Å². The molecule has 0 saturated carbocycles. The monoisotopic (exact) mass is 518 g/mol. The number of aromatic nitrogens is 1. The molecule has 1 aromatic heterocycles. The molecule has 202 valence electrons. The van der Waals surface area contributed by atoms with Crippen molar-refractivity contribution in [3.63, 3.8) is 0 Å². The summed E-state index contributed by atoms with van der Waals surface area (Å²) in [5, 5.41) is 3.68. The van der Waals surface area contributed by atoms with Gasteiger partial charge in [0.1, 0.15) is 5.82 Å². The second-order valence-electron chi connectivity index (χ2n) is 11.0. The third-order valence-electron chi connectivity index (χ3n) is 7.28. The van der Waals surface area contributed by atoms with Crippen LogP contribution in [-0.4, -0.2) is 25.1 Å². The number of nitrogens with zero attached hydrogens (tertiary/aromatic N) is 3. The quantitative estimate of drug-likeness (QED) is 0.339. The number of anilines is 3. The van der Waals surface area contributed by atoms with Gasteiger partial charge in [0.05, 0.1) is 11.4 Å². The SMILES string of the molecule is C=C(Nc1c(C(C)C)cccc1C(C)C)N1CCCCN(C)c2ccc(-c3cccc(C(C)(F)F)c3)nc21. The molecule has 0 aliphatic carbocycles. The van der Waals surface area contributed by atoms with Crippen molar-refractivity contribution in [1.29, 1.82) is 0 Å². The van der Waals surface area contributed by atoms with Crippen molar-refractivity contribution in [2.24, 2.45) is 0 Å². The Bertz CT molecular complexity index is 1270. The molecule has 0 spiro atoms. The van der Waals surface area contributed by atoms with E-state index in [0.717, 1.165) is 55.9 Å². The van der Waals surface area contributed by atoms with E-state index in [1.54, 1.807) is 6.07 Å². The molecule has 3 aromatic rings. The number of halogens is 2. The minimum absolute atomic E-state index is 0.0184. The molecule has 1 aliphatic rings. The fraction of sp³-hybridized carbons (Fsp3) is 0.406. The van der Waals surface area contributed by atoms with Gasteiger partial charge in [0.15, 0.2) is 5.82 Å². The third kappa shape index (κ3) is 5.85. The van der Waals surface area contributed by atoms with Gasteiger partial charge in [-0.15, -0.1) is 0 Å². The highest BCUT2D eigenvalue weighted by atomic mass is 19.3. The van der Waals surface area contributed by atoms with Gasteiger partial charge in [0.25, 0.3) is 5.92 Å². The molecule has 0 fully saturated rings. The average Bonchev–Trinajstić information content (AvgIpc) is 2.86. The van der Waals surface area contributed by atoms with Gasteiger partial charge in [0, 0.05) is 43.9 Å². The zero-order valence-corrected chi connectivity index (χ0v) is 23.5. The van der Waals surface area contributed by atoms with Crippen molar-refractivity contribution in [1.82, 2.24) is 4.98 Å². The van der Waals surface area contributed by atoms with E-state index in [9.17, 15) is 8.78 Å². The van der Waals surface area contributed by atoms with Crippen LogP contribution in [0, 0.1) is 0 Å². The number of fused-ring (bicyclic) bond motifs is 1. The fourth-order valence-corrected chi connectivity index (χ4v) is 5.07. The molecule has 0 amide bonds. The van der Waals surface area contributed by atoms with Crippen LogP contribution in [0.5, 0.6) is 0 Å². The Morgan fingerprint density at radius 3 is 2.21 bits per heavy atom. The first-order valence-corrected chi connectivity index (χ1v) is 13.5. The van der Waals surface area contributed by atoms with E-state index in [0.29, 0.717) is 23.1 Å². The topological polar surface area (TPSA) is 31.4 Å². The molecule has 0 saturated heterocycles. The summed E-state index contributed by atoms with van der Waals surface area (Å²) in [6, 6.07) is 16.9. The van der Waals surface area contributed by atoms with Gasteiger partial charge in [-0.3, -0.25) is 0 Å². The molecule has 38 heavy (non-hydrogen) atoms. The van der Waals surface area contributed by atoms with Gasteiger partial charge in [-0.1, -0.05) is 70.7 Å². The number of pyridine rings is 1. The van der Waals surface area contributed by atoms with Crippen molar-refractivity contribution >= 4 is 17.2 Å². The number of para-hydroxylation sites is 1. The number of rotatable bonds is 7. The van der Waals surface area contributed by atoms with Crippen LogP contribution in [0.1, 0.15) is 76.0 Å². The lowest BCUT2D eigenvalue weighted by Gasteiger charge is -2.34. The molecule has 1 aliphatic heterocycles. The lowest BCUT2D eigenvalue weighted by atomic mass is 9.92. The first-order chi connectivity index (χ1) is 18.0. The normalized spacial score (nSPS) is 14.4. The van der Waals surface area contributed by atoms with E-state index < -0.39 is 5.92 Å². The Morgan fingerprint density at radius 2 is 1.58 bits per heavy atom. The van der Waals surface area contributed by atoms with Gasteiger partial charge >= 0.3 is 0 Å². The van der Waals surface area contributed by atoms with E-state index in [4.69, 9.17) is 4.98 Å². The zero-order chi connectivity index (χ0) is 27.6. The number of alkyl halides is 2. The molecular weight excluding hydrogens is 478 g/mol. The molecule has 0 unspecified atom stereocenters. The Balaban J connectivity index is 1.78. The van der Waals surface area contributed by atoms with E-state index in [1.165, 1.54) is 23.3 Å². The second kappa shape index (κ2) is 11.1. The van der Waals surface area contributed by atoms with Crippen molar-refractivity contribution in [2.75, 3.05) is 35.3 Å². The summed E-state index contributed by atoms with van der Waals surface area (Å²) in [5.41, 5.74) is 5.91. The summed E-state index contributed by atoms with van der Waals surface area (Å²) in [6.45, 7) is 15.9. The first kappa shape index (κ1) is 27.6. The number of nitrogens with one attached hydrogen (secondary N) is 1. The standard InChI is InChI=1S/C32H40F2N4/c1-21(2)26-14-11-15-27(22(3)4)30(26)35-23(5)38-19-9-8-18-37(7)29-17-16-28(36-31(29)38)24-12-10-13-25(20-24)32(6,33)34/h10-17,20-22,35H,5,8-9,18-19H2,1-4,6-7H3. The van der Waals surface area contributed by atoms with Crippen LogP contribution in [0.2, 0.25) is 0 Å². The highest BCUT2D eigenvalue weighted by Crippen LogP contribution is 2.38. The first-order valence-electron chi connectivity index (χ1n) is 13.5. The van der Waals surface area contributed by atoms with Crippen LogP contribution < -0.4 is 15.1 Å². The predicted octanol–water partition coefficient (Wildman–Crippen LogP) is 8.73. The number of hydrogen-bond donors (Lipinski definition) is 1. The molecule has 6 heteroatoms. The molecule has 2 aromatic carbocycles. The molecule has 1 N–H and O–H groups in total. The van der Waals surface area contributed by atoms with Crippen LogP contribution in [0.25, 0.3) is 11.3 Å². The van der Waals surface area contributed by atoms with Crippen molar-refractivity contribution in [2.45, 2.75) is 65.2 Å². The molecular formula is C32H40F2N4. The summed E-state index contributed by atoms with van der Waals surface area (Å²) in [4.78, 5) is 9.42. The summed E-state index contributed by atoms with van der Waals surface area (Å²) in [7, 11) is 2.07. The highest BCUT2D eigenvalue weighted by Gasteiger charge is 2.26. The van der Waals surface area contributed by atoms with E-state index in [-0.39, 0.29) is 5.56 Å². The number of benzene rings is 2. The van der Waals surface area contributed by atoms with Gasteiger partial charge in [0.2, 0.25) is 0 Å². The highest BCUT2D eigenvalue weighted by molar-refractivity contribution is 5.76. The molecule has 0 bridgehead atoms. The third-order valence-corrected chi connectivity index (χ3v) is 7.28. The van der Waals surface area contributed by atoms with Crippen molar-refractivity contribution < 1.29 is 8.78 Å². The van der Waals surface area contributed by atoms with E-state index >= 15 is 0 Å². The minimum atomic E-state index is -2.91. The average molecular weight is 519 g/mol. The maximum atomic E-state index is 14.1. The lowest BCUT2D eigenvalue weighted by Crippen LogP contribution is -2.34. The van der Waals surface area contributed by atoms with Crippen molar-refractivity contribution in [3.8, 4) is 11.3 Å². The Hall–Kier alpha value is -3.41. The molecule has 2 heterocycles. The molecule has 4 nitrogen and oxygen atoms in total. The maximum absolute atomic E-state index is 14.1. The van der Waals surface area contributed by atoms with Crippen LogP contribution in [0.3, 0.4) is 0 Å². The summed E-state index contributed by atoms with van der Waals surface area (Å²) in [5.74, 6) is -0.673. The summed E-state index contributed by atoms with van der Waals surface area (Å²) < 4.78 is 28.1. The van der Waals surface area contributed by atoms with Crippen LogP contribution in [0.15, 0.2) is 67.0 Å². The lowest BCUT2D eigenvalue weighted by molar-refractivity contribution is 0.0175. The van der Waals surface area contributed by atoms with Gasteiger partial charge < -0.3 is 15.1 Å². The largest absolute Gasteiger partial charge is 0.372 e. The van der Waals surface area contributed by atoms with Crippen LogP contribution >= 0.6 is 0 Å². The maximum Gasteiger partial charge on any atom is 0.270 e. The van der Waals surface area contributed by atoms with Gasteiger partial charge in [-0.25, -0.2) is 13.8 Å². The molecule has 0 atom stereocenters. The van der Waals surface area contributed by atoms with E-state index in [1.807, 2.05) is 18.2 Å². The van der Waals surface area contributed by atoms with Crippen LogP contribution in [-0.2, 0) is 5.92 Å². The Morgan fingerprint density at radius 1 is 0.947 bits per heavy atom. The zero-order valence-electron chi connectivity index (χ0n) is 23.5. The second-order valence-corrected chi connectivity index (χ2v) is 11.0. The fourth-order valence-electron chi connectivity index (χ4n) is 5.07. The Kier molecular flexibility index (Phi) is 8.10. The summed E-state index contributed by atoms with van der Waals surface area (Å²) in [6.07, 6.45) is 2.03. The van der Waals surface area contributed by atoms with Crippen molar-refractivity contribution in [3.05, 3.63) is 83.7 Å². The van der Waals surface area contributed by atoms with Crippen LogP contribution in [0.4, 0.5) is 26.0 Å². The van der Waals surface area contributed by atoms with Gasteiger partial charge in [-0.2, -0.15) is 0 Å². The van der Waals surface area contributed by atoms with E-state index in [2.05, 4.69) is 74.6 Å². The minimum Gasteiger partial charge on any atom is -0.372 e. The molecule has 0 radical (unpaired) electrons.